The highest BCUT2D eigenvalue weighted by atomic mass is 19.3. The molecule has 1 saturated heterocycles. The zero-order valence-corrected chi connectivity index (χ0v) is 21.9. The number of nitrogens with one attached hydrogen (secondary N) is 1. The number of alkyl halides is 2. The lowest BCUT2D eigenvalue weighted by Gasteiger charge is -2.50. The molecule has 0 aliphatic carbocycles. The van der Waals surface area contributed by atoms with E-state index in [-0.39, 0.29) is 62.7 Å². The Morgan fingerprint density at radius 2 is 1.76 bits per heavy atom. The fourth-order valence-corrected chi connectivity index (χ4v) is 4.40. The number of anilines is 1. The van der Waals surface area contributed by atoms with Crippen molar-refractivity contribution in [1.82, 2.24) is 9.88 Å². The number of halogens is 2. The molecule has 2 N–H and O–H groups in total. The Bertz CT molecular complexity index is 1090. The summed E-state index contributed by atoms with van der Waals surface area (Å²) in [5.41, 5.74) is 1.16. The van der Waals surface area contributed by atoms with Crippen LogP contribution >= 0.6 is 0 Å². The van der Waals surface area contributed by atoms with E-state index in [0.29, 0.717) is 18.9 Å². The van der Waals surface area contributed by atoms with Crippen molar-refractivity contribution < 1.29 is 37.7 Å². The average Bonchev–Trinajstić information content (AvgIpc) is 2.84. The molecule has 1 aliphatic rings. The van der Waals surface area contributed by atoms with E-state index in [2.05, 4.69) is 15.0 Å². The Kier molecular flexibility index (Phi) is 10.5. The molecule has 3 rings (SSSR count). The number of aliphatic hydroxyl groups is 1. The smallest absolute Gasteiger partial charge is 0.388 e. The normalized spacial score (nSPS) is 14.5. The van der Waals surface area contributed by atoms with E-state index >= 15 is 0 Å². The van der Waals surface area contributed by atoms with Crippen LogP contribution < -0.4 is 10.1 Å². The van der Waals surface area contributed by atoms with E-state index in [0.717, 1.165) is 11.1 Å². The number of benzene rings is 1. The van der Waals surface area contributed by atoms with Gasteiger partial charge in [0.25, 0.3) is 0 Å². The van der Waals surface area contributed by atoms with Crippen LogP contribution in [0.15, 0.2) is 36.4 Å². The summed E-state index contributed by atoms with van der Waals surface area (Å²) in [4.78, 5) is 32.2. The lowest BCUT2D eigenvalue weighted by Crippen LogP contribution is -2.66. The number of carbonyl (C=O) groups is 2. The second-order valence-corrected chi connectivity index (χ2v) is 9.41. The Morgan fingerprint density at radius 1 is 1.08 bits per heavy atom. The maximum atomic E-state index is 13.8. The lowest BCUT2D eigenvalue weighted by molar-refractivity contribution is -0.145. The second kappa shape index (κ2) is 13.6. The highest BCUT2D eigenvalue weighted by molar-refractivity contribution is 6.02. The first kappa shape index (κ1) is 29.4. The first-order valence-electron chi connectivity index (χ1n) is 12.6. The van der Waals surface area contributed by atoms with Crippen LogP contribution in [0.4, 0.5) is 14.5 Å². The van der Waals surface area contributed by atoms with Crippen LogP contribution in [0.25, 0.3) is 0 Å². The number of aryl methyl sites for hydroxylation is 1. The highest BCUT2D eigenvalue weighted by Crippen LogP contribution is 2.40. The molecule has 0 unspecified atom stereocenters. The summed E-state index contributed by atoms with van der Waals surface area (Å²) in [5.74, 6) is -0.851. The Hall–Kier alpha value is -3.15. The van der Waals surface area contributed by atoms with Crippen LogP contribution in [0.5, 0.6) is 5.88 Å². The van der Waals surface area contributed by atoms with Crippen LogP contribution in [0, 0.1) is 6.92 Å². The molecular weight excluding hydrogens is 500 g/mol. The molecule has 0 radical (unpaired) electrons. The molecule has 0 saturated carbocycles. The number of hydrogen-bond donors (Lipinski definition) is 2. The van der Waals surface area contributed by atoms with Gasteiger partial charge in [-0.1, -0.05) is 38.1 Å². The molecule has 1 aromatic heterocycles. The first-order valence-corrected chi connectivity index (χ1v) is 12.6. The van der Waals surface area contributed by atoms with Crippen molar-refractivity contribution in [1.29, 1.82) is 0 Å². The number of ether oxygens (including phenoxy) is 3. The van der Waals surface area contributed by atoms with Crippen molar-refractivity contribution in [3.63, 3.8) is 0 Å². The summed E-state index contributed by atoms with van der Waals surface area (Å²) < 4.78 is 41.1. The topological polar surface area (TPSA) is 110 Å². The summed E-state index contributed by atoms with van der Waals surface area (Å²) in [5, 5.41) is 11.4. The van der Waals surface area contributed by atoms with E-state index in [1.54, 1.807) is 17.9 Å². The number of likely N-dealkylation sites (tertiary alicyclic amines) is 1. The number of aromatic nitrogens is 1. The molecule has 0 spiro atoms. The maximum absolute atomic E-state index is 13.8. The Morgan fingerprint density at radius 3 is 2.42 bits per heavy atom. The number of rotatable bonds is 14. The molecule has 38 heavy (non-hydrogen) atoms. The second-order valence-electron chi connectivity index (χ2n) is 9.41. The predicted octanol–water partition coefficient (Wildman–Crippen LogP) is 3.25. The van der Waals surface area contributed by atoms with Crippen LogP contribution in [0.1, 0.15) is 43.0 Å². The van der Waals surface area contributed by atoms with Crippen molar-refractivity contribution in [2.24, 2.45) is 0 Å². The highest BCUT2D eigenvalue weighted by Gasteiger charge is 2.53. The van der Waals surface area contributed by atoms with E-state index in [9.17, 15) is 18.4 Å². The van der Waals surface area contributed by atoms with Gasteiger partial charge < -0.3 is 29.5 Å². The van der Waals surface area contributed by atoms with E-state index in [1.807, 2.05) is 38.1 Å². The predicted molar refractivity (Wildman–Crippen MR) is 136 cm³/mol. The van der Waals surface area contributed by atoms with Crippen molar-refractivity contribution in [2.75, 3.05) is 51.4 Å². The first-order chi connectivity index (χ1) is 18.2. The lowest BCUT2D eigenvalue weighted by atomic mass is 9.69. The average molecular weight is 536 g/mol. The number of amides is 2. The third-order valence-corrected chi connectivity index (χ3v) is 6.32. The van der Waals surface area contributed by atoms with E-state index in [4.69, 9.17) is 14.6 Å². The van der Waals surface area contributed by atoms with Gasteiger partial charge in [0.1, 0.15) is 11.1 Å². The molecule has 1 aliphatic heterocycles. The maximum Gasteiger partial charge on any atom is 0.388 e. The number of carbonyl (C=O) groups excluding carboxylic acids is 2. The summed E-state index contributed by atoms with van der Waals surface area (Å²) >= 11 is 0. The van der Waals surface area contributed by atoms with Gasteiger partial charge in [-0.3, -0.25) is 9.59 Å². The molecule has 9 nitrogen and oxygen atoms in total. The fraction of sp³-hybridized carbons (Fsp3) is 0.519. The van der Waals surface area contributed by atoms with Crippen LogP contribution in [0.2, 0.25) is 0 Å². The monoisotopic (exact) mass is 535 g/mol. The van der Waals surface area contributed by atoms with Gasteiger partial charge in [-0.2, -0.15) is 8.78 Å². The van der Waals surface area contributed by atoms with Gasteiger partial charge in [0.15, 0.2) is 0 Å². The minimum Gasteiger partial charge on any atom is -0.415 e. The molecule has 2 amide bonds. The Balaban J connectivity index is 1.77. The van der Waals surface area contributed by atoms with Crippen molar-refractivity contribution in [2.45, 2.75) is 45.1 Å². The van der Waals surface area contributed by atoms with Crippen molar-refractivity contribution in [3.8, 4) is 5.88 Å². The van der Waals surface area contributed by atoms with E-state index in [1.165, 1.54) is 6.07 Å². The molecular formula is C27H35F2N3O6. The van der Waals surface area contributed by atoms with Crippen molar-refractivity contribution >= 4 is 17.5 Å². The Labute approximate surface area is 221 Å². The number of nitrogens with zero attached hydrogens (tertiary/aromatic N) is 2. The molecule has 0 atom stereocenters. The van der Waals surface area contributed by atoms with Gasteiger partial charge in [-0.05, 0) is 36.1 Å². The molecule has 1 aromatic carbocycles. The quantitative estimate of drug-likeness (QED) is 0.358. The summed E-state index contributed by atoms with van der Waals surface area (Å²) in [6.45, 7) is 3.81. The van der Waals surface area contributed by atoms with Gasteiger partial charge in [-0.15, -0.1) is 0 Å². The van der Waals surface area contributed by atoms with Crippen LogP contribution in [-0.2, 0) is 24.5 Å². The minimum absolute atomic E-state index is 0.0314. The largest absolute Gasteiger partial charge is 0.415 e. The zero-order valence-electron chi connectivity index (χ0n) is 21.9. The SMILES string of the molecule is Cc1ccc(NC(=O)C2(c3ccccc3C(C)C)CN(C(=O)CCOCCOCCO)C2)c(OC(F)F)n1. The van der Waals surface area contributed by atoms with Crippen molar-refractivity contribution in [3.05, 3.63) is 53.2 Å². The third kappa shape index (κ3) is 7.24. The molecule has 208 valence electrons. The minimum atomic E-state index is -3.10. The molecule has 0 bridgehead atoms. The molecule has 2 aromatic rings. The van der Waals surface area contributed by atoms with Crippen LogP contribution in [-0.4, -0.2) is 79.5 Å². The van der Waals surface area contributed by atoms with Gasteiger partial charge >= 0.3 is 6.61 Å². The number of pyridine rings is 1. The van der Waals surface area contributed by atoms with Gasteiger partial charge in [0.2, 0.25) is 17.7 Å². The number of aliphatic hydroxyl groups excluding tert-OH is 1. The third-order valence-electron chi connectivity index (χ3n) is 6.32. The molecule has 1 fully saturated rings. The van der Waals surface area contributed by atoms with Gasteiger partial charge in [0.05, 0.1) is 39.5 Å². The number of hydrogen-bond acceptors (Lipinski definition) is 7. The fourth-order valence-electron chi connectivity index (χ4n) is 4.40. The zero-order chi connectivity index (χ0) is 27.7. The standard InChI is InChI=1S/C27H35F2N3O6/c1-18(2)20-6-4-5-7-21(20)27(16-32(17-27)23(34)10-12-36-14-15-37-13-11-33)25(35)31-22-9-8-19(3)30-24(22)38-26(28)29/h4-9,18,26,33H,10-17H2,1-3H3,(H,31,35). The summed E-state index contributed by atoms with van der Waals surface area (Å²) in [7, 11) is 0. The molecule has 11 heteroatoms. The molecule has 2 heterocycles. The summed E-state index contributed by atoms with van der Waals surface area (Å²) in [6.07, 6.45) is 0.137. The van der Waals surface area contributed by atoms with Gasteiger partial charge in [0, 0.05) is 18.8 Å². The van der Waals surface area contributed by atoms with Crippen LogP contribution in [0.3, 0.4) is 0 Å². The summed E-state index contributed by atoms with van der Waals surface area (Å²) in [6, 6.07) is 10.6. The van der Waals surface area contributed by atoms with E-state index < -0.39 is 17.9 Å². The van der Waals surface area contributed by atoms with Gasteiger partial charge in [-0.25, -0.2) is 4.98 Å².